The van der Waals surface area contributed by atoms with Crippen molar-refractivity contribution < 1.29 is 28.7 Å². The number of anilines is 3. The molecule has 4 amide bonds. The Balaban J connectivity index is 1.73. The molecule has 2 unspecified atom stereocenters. The van der Waals surface area contributed by atoms with Gasteiger partial charge < -0.3 is 14.8 Å². The average molecular weight is 683 g/mol. The molecule has 3 aromatic carbocycles. The van der Waals surface area contributed by atoms with Crippen LogP contribution in [0.1, 0.15) is 102 Å². The zero-order valence-electron chi connectivity index (χ0n) is 30.2. The molecule has 2 atom stereocenters. The minimum absolute atomic E-state index is 0.141. The SMILES string of the molecule is CCCC(C(=O)NC1=CCC(c2ccccc2)CC1)N(C(=O)c1ccccc1NC(=O)OC(C)(C)C)c1ccccc1NC(=O)OC(C)(C)C. The Bertz CT molecular complexity index is 1690. The maximum Gasteiger partial charge on any atom is 0.412 e. The summed E-state index contributed by atoms with van der Waals surface area (Å²) in [6.07, 6.45) is 3.87. The van der Waals surface area contributed by atoms with E-state index in [2.05, 4.69) is 34.2 Å². The van der Waals surface area contributed by atoms with Gasteiger partial charge in [0, 0.05) is 5.70 Å². The number of carbonyl (C=O) groups excluding carboxylic acids is 4. The highest BCUT2D eigenvalue weighted by Crippen LogP contribution is 2.34. The summed E-state index contributed by atoms with van der Waals surface area (Å²) < 4.78 is 11.0. The Kier molecular flexibility index (Phi) is 12.5. The molecule has 50 heavy (non-hydrogen) atoms. The van der Waals surface area contributed by atoms with Gasteiger partial charge in [-0.05, 0) is 103 Å². The van der Waals surface area contributed by atoms with Gasteiger partial charge in [-0.1, -0.05) is 74.0 Å². The van der Waals surface area contributed by atoms with Crippen LogP contribution in [0.3, 0.4) is 0 Å². The lowest BCUT2D eigenvalue weighted by Crippen LogP contribution is -2.50. The van der Waals surface area contributed by atoms with Gasteiger partial charge in [0.1, 0.15) is 17.2 Å². The fraction of sp³-hybridized carbons (Fsp3) is 0.400. The van der Waals surface area contributed by atoms with Crippen molar-refractivity contribution in [1.29, 1.82) is 0 Å². The fourth-order valence-electron chi connectivity index (χ4n) is 5.81. The van der Waals surface area contributed by atoms with Crippen LogP contribution in [0.4, 0.5) is 26.7 Å². The van der Waals surface area contributed by atoms with Gasteiger partial charge in [0.05, 0.1) is 22.6 Å². The van der Waals surface area contributed by atoms with Crippen LogP contribution in [0.15, 0.2) is 90.6 Å². The van der Waals surface area contributed by atoms with Crippen molar-refractivity contribution in [1.82, 2.24) is 5.32 Å². The minimum atomic E-state index is -0.976. The Labute approximate surface area is 295 Å². The number of amides is 4. The maximum atomic E-state index is 14.8. The number of hydrogen-bond donors (Lipinski definition) is 3. The largest absolute Gasteiger partial charge is 0.444 e. The molecule has 0 saturated heterocycles. The van der Waals surface area contributed by atoms with Crippen molar-refractivity contribution in [2.45, 2.75) is 104 Å². The van der Waals surface area contributed by atoms with Crippen LogP contribution in [0.25, 0.3) is 0 Å². The molecule has 3 N–H and O–H groups in total. The van der Waals surface area contributed by atoms with Crippen LogP contribution in [0, 0.1) is 0 Å². The standard InChI is InChI=1S/C40H50N4O6/c1-8-16-34(35(45)41-29-25-23-28(24-26-29)27-17-10-9-11-18-27)44(33-22-15-14-21-32(33)43-38(48)50-40(5,6)7)36(46)30-19-12-13-20-31(30)42-37(47)49-39(2,3)4/h9-15,17-22,25,28,34H,8,16,23-24,26H2,1-7H3,(H,41,45)(H,42,47)(H,43,48). The number of carbonyl (C=O) groups is 4. The Morgan fingerprint density at radius 3 is 1.90 bits per heavy atom. The summed E-state index contributed by atoms with van der Waals surface area (Å²) >= 11 is 0. The van der Waals surface area contributed by atoms with E-state index in [4.69, 9.17) is 9.47 Å². The van der Waals surface area contributed by atoms with Crippen molar-refractivity contribution >= 4 is 41.1 Å². The normalized spacial score (nSPS) is 15.2. The summed E-state index contributed by atoms with van der Waals surface area (Å²) in [5.74, 6) is -0.541. The molecular formula is C40H50N4O6. The molecule has 3 aromatic rings. The van der Waals surface area contributed by atoms with Gasteiger partial charge in [-0.3, -0.25) is 25.1 Å². The molecular weight excluding hydrogens is 632 g/mol. The van der Waals surface area contributed by atoms with Gasteiger partial charge in [0.15, 0.2) is 0 Å². The number of benzene rings is 3. The van der Waals surface area contributed by atoms with Gasteiger partial charge in [-0.2, -0.15) is 0 Å². The topological polar surface area (TPSA) is 126 Å². The van der Waals surface area contributed by atoms with Gasteiger partial charge in [0.2, 0.25) is 5.91 Å². The van der Waals surface area contributed by atoms with Crippen molar-refractivity contribution in [3.05, 3.63) is 102 Å². The van der Waals surface area contributed by atoms with E-state index in [-0.39, 0.29) is 22.8 Å². The number of ether oxygens (including phenoxy) is 2. The van der Waals surface area contributed by atoms with Crippen molar-refractivity contribution in [2.75, 3.05) is 15.5 Å². The number of allylic oxidation sites excluding steroid dienone is 2. The van der Waals surface area contributed by atoms with Crippen molar-refractivity contribution in [2.24, 2.45) is 0 Å². The van der Waals surface area contributed by atoms with Gasteiger partial charge in [-0.25, -0.2) is 9.59 Å². The average Bonchev–Trinajstić information content (AvgIpc) is 3.04. The third-order valence-corrected chi connectivity index (χ3v) is 7.95. The van der Waals surface area contributed by atoms with Gasteiger partial charge >= 0.3 is 12.2 Å². The highest BCUT2D eigenvalue weighted by atomic mass is 16.6. The summed E-state index contributed by atoms with van der Waals surface area (Å²) in [7, 11) is 0. The summed E-state index contributed by atoms with van der Waals surface area (Å²) in [5, 5.41) is 8.60. The number of nitrogens with zero attached hydrogens (tertiary/aromatic N) is 1. The van der Waals surface area contributed by atoms with E-state index in [0.717, 1.165) is 18.5 Å². The van der Waals surface area contributed by atoms with Crippen molar-refractivity contribution in [3.8, 4) is 0 Å². The molecule has 0 radical (unpaired) electrons. The number of hydrogen-bond acceptors (Lipinski definition) is 6. The summed E-state index contributed by atoms with van der Waals surface area (Å²) in [4.78, 5) is 56.3. The molecule has 10 heteroatoms. The predicted octanol–water partition coefficient (Wildman–Crippen LogP) is 9.16. The van der Waals surface area contributed by atoms with Crippen molar-refractivity contribution in [3.63, 3.8) is 0 Å². The highest BCUT2D eigenvalue weighted by Gasteiger charge is 2.35. The number of nitrogens with one attached hydrogen (secondary N) is 3. The molecule has 0 aliphatic heterocycles. The monoisotopic (exact) mass is 682 g/mol. The van der Waals surface area contributed by atoms with E-state index >= 15 is 0 Å². The molecule has 0 heterocycles. The highest BCUT2D eigenvalue weighted by molar-refractivity contribution is 6.15. The van der Waals surface area contributed by atoms with Crippen LogP contribution < -0.4 is 20.9 Å². The summed E-state index contributed by atoms with van der Waals surface area (Å²) in [5.41, 5.74) is 1.48. The molecule has 1 aliphatic carbocycles. The number of rotatable bonds is 10. The van der Waals surface area contributed by atoms with E-state index in [1.54, 1.807) is 90.1 Å². The molecule has 0 spiro atoms. The number of para-hydroxylation sites is 3. The molecule has 0 bridgehead atoms. The van der Waals surface area contributed by atoms with E-state index < -0.39 is 35.3 Å². The maximum absolute atomic E-state index is 14.8. The second-order valence-electron chi connectivity index (χ2n) is 14.4. The second kappa shape index (κ2) is 16.5. The van der Waals surface area contributed by atoms with E-state index in [1.165, 1.54) is 10.5 Å². The van der Waals surface area contributed by atoms with Crippen LogP contribution in [-0.4, -0.2) is 41.2 Å². The predicted molar refractivity (Wildman–Crippen MR) is 197 cm³/mol. The third kappa shape index (κ3) is 10.7. The molecule has 0 fully saturated rings. The first-order valence-corrected chi connectivity index (χ1v) is 17.2. The lowest BCUT2D eigenvalue weighted by molar-refractivity contribution is -0.121. The fourth-order valence-corrected chi connectivity index (χ4v) is 5.81. The first-order valence-electron chi connectivity index (χ1n) is 17.2. The van der Waals surface area contributed by atoms with E-state index in [0.29, 0.717) is 30.9 Å². The summed E-state index contributed by atoms with van der Waals surface area (Å²) in [6, 6.07) is 22.7. The third-order valence-electron chi connectivity index (χ3n) is 7.95. The first kappa shape index (κ1) is 37.7. The van der Waals surface area contributed by atoms with Gasteiger partial charge in [0.25, 0.3) is 5.91 Å². The Morgan fingerprint density at radius 2 is 1.32 bits per heavy atom. The zero-order chi connectivity index (χ0) is 36.5. The lowest BCUT2D eigenvalue weighted by Gasteiger charge is -2.34. The Morgan fingerprint density at radius 1 is 0.760 bits per heavy atom. The summed E-state index contributed by atoms with van der Waals surface area (Å²) in [6.45, 7) is 12.5. The van der Waals surface area contributed by atoms with Crippen LogP contribution in [0.5, 0.6) is 0 Å². The first-order chi connectivity index (χ1) is 23.6. The molecule has 0 saturated carbocycles. The smallest absolute Gasteiger partial charge is 0.412 e. The second-order valence-corrected chi connectivity index (χ2v) is 14.4. The van der Waals surface area contributed by atoms with Gasteiger partial charge in [-0.15, -0.1) is 0 Å². The quantitative estimate of drug-likeness (QED) is 0.196. The molecule has 10 nitrogen and oxygen atoms in total. The molecule has 4 rings (SSSR count). The van der Waals surface area contributed by atoms with Crippen LogP contribution in [-0.2, 0) is 14.3 Å². The lowest BCUT2D eigenvalue weighted by atomic mass is 9.86. The van der Waals surface area contributed by atoms with Crippen LogP contribution in [0.2, 0.25) is 0 Å². The minimum Gasteiger partial charge on any atom is -0.444 e. The van der Waals surface area contributed by atoms with Crippen LogP contribution >= 0.6 is 0 Å². The van der Waals surface area contributed by atoms with E-state index in [9.17, 15) is 19.2 Å². The molecule has 0 aromatic heterocycles. The van der Waals surface area contributed by atoms with E-state index in [1.807, 2.05) is 25.1 Å². The Hall–Kier alpha value is -5.12. The molecule has 1 aliphatic rings. The molecule has 266 valence electrons. The zero-order valence-corrected chi connectivity index (χ0v) is 30.2.